The molecule has 6 nitrogen and oxygen atoms in total. The van der Waals surface area contributed by atoms with Crippen LogP contribution >= 0.6 is 0 Å². The Morgan fingerprint density at radius 2 is 1.71 bits per heavy atom. The summed E-state index contributed by atoms with van der Waals surface area (Å²) in [5.41, 5.74) is 2.80. The molecule has 28 heavy (non-hydrogen) atoms. The lowest BCUT2D eigenvalue weighted by atomic mass is 9.91. The molecule has 1 atom stereocenters. The molecule has 2 aromatic rings. The molecule has 2 rings (SSSR count). The Labute approximate surface area is 166 Å². The maximum Gasteiger partial charge on any atom is 0.305 e. The average Bonchev–Trinajstić information content (AvgIpc) is 2.68. The molecule has 0 N–H and O–H groups in total. The third-order valence-electron chi connectivity index (χ3n) is 4.58. The Morgan fingerprint density at radius 1 is 1.04 bits per heavy atom. The highest BCUT2D eigenvalue weighted by Crippen LogP contribution is 2.29. The molecular weight excluding hydrogens is 380 g/mol. The van der Waals surface area contributed by atoms with Crippen molar-refractivity contribution in [2.45, 2.75) is 37.5 Å². The highest BCUT2D eigenvalue weighted by atomic mass is 32.2. The van der Waals surface area contributed by atoms with Gasteiger partial charge in [0.25, 0.3) is 10.1 Å². The number of benzene rings is 2. The maximum absolute atomic E-state index is 12.5. The van der Waals surface area contributed by atoms with Crippen LogP contribution in [0.5, 0.6) is 5.75 Å². The number of methoxy groups -OCH3 is 2. The van der Waals surface area contributed by atoms with Crippen LogP contribution in [0.1, 0.15) is 35.4 Å². The molecule has 0 saturated carbocycles. The van der Waals surface area contributed by atoms with Crippen molar-refractivity contribution in [1.82, 2.24) is 0 Å². The van der Waals surface area contributed by atoms with Gasteiger partial charge >= 0.3 is 5.97 Å². The maximum atomic E-state index is 12.5. The average molecular weight is 407 g/mol. The summed E-state index contributed by atoms with van der Waals surface area (Å²) < 4.78 is 40.3. The number of hydrogen-bond acceptors (Lipinski definition) is 6. The molecule has 0 fully saturated rings. The molecule has 0 heterocycles. The van der Waals surface area contributed by atoms with E-state index in [2.05, 4.69) is 0 Å². The molecule has 0 radical (unpaired) electrons. The van der Waals surface area contributed by atoms with Crippen LogP contribution < -0.4 is 4.74 Å². The summed E-state index contributed by atoms with van der Waals surface area (Å²) in [5.74, 6) is 0.0731. The van der Waals surface area contributed by atoms with E-state index in [1.807, 2.05) is 32.0 Å². The fraction of sp³-hybridized carbons (Fsp3) is 0.381. The second-order valence-electron chi connectivity index (χ2n) is 6.59. The van der Waals surface area contributed by atoms with E-state index in [0.29, 0.717) is 12.2 Å². The minimum atomic E-state index is -3.89. The zero-order chi connectivity index (χ0) is 20.7. The van der Waals surface area contributed by atoms with Crippen molar-refractivity contribution in [1.29, 1.82) is 0 Å². The summed E-state index contributed by atoms with van der Waals surface area (Å²) in [6.07, 6.45) is 0.573. The topological polar surface area (TPSA) is 78.9 Å². The van der Waals surface area contributed by atoms with Crippen molar-refractivity contribution in [3.8, 4) is 5.75 Å². The second kappa shape index (κ2) is 9.71. The molecule has 152 valence electrons. The number of ether oxygens (including phenoxy) is 2. The van der Waals surface area contributed by atoms with E-state index in [-0.39, 0.29) is 29.8 Å². The molecule has 0 aromatic heterocycles. The van der Waals surface area contributed by atoms with Crippen LogP contribution in [0.2, 0.25) is 0 Å². The molecule has 2 aromatic carbocycles. The summed E-state index contributed by atoms with van der Waals surface area (Å²) in [4.78, 5) is 11.7. The standard InChI is InChI=1S/C21H26O6S/c1-15-5-9-19(10-6-15)28(23,24)27-14-17(7-12-21(22)26-4)20-11-8-18(25-3)13-16(20)2/h5-6,8-11,13,17H,7,12,14H2,1-4H3. The minimum Gasteiger partial charge on any atom is -0.497 e. The molecular formula is C21H26O6S. The van der Waals surface area contributed by atoms with Crippen LogP contribution in [0.4, 0.5) is 0 Å². The lowest BCUT2D eigenvalue weighted by Gasteiger charge is -2.20. The van der Waals surface area contributed by atoms with E-state index < -0.39 is 10.1 Å². The smallest absolute Gasteiger partial charge is 0.305 e. The number of carbonyl (C=O) groups excluding carboxylic acids is 1. The lowest BCUT2D eigenvalue weighted by Crippen LogP contribution is -2.16. The molecule has 0 amide bonds. The highest BCUT2D eigenvalue weighted by molar-refractivity contribution is 7.86. The van der Waals surface area contributed by atoms with E-state index in [4.69, 9.17) is 13.7 Å². The predicted molar refractivity (Wildman–Crippen MR) is 106 cm³/mol. The molecule has 7 heteroatoms. The summed E-state index contributed by atoms with van der Waals surface area (Å²) in [7, 11) is -0.979. The fourth-order valence-corrected chi connectivity index (χ4v) is 3.85. The van der Waals surface area contributed by atoms with Gasteiger partial charge in [-0.05, 0) is 55.7 Å². The predicted octanol–water partition coefficient (Wildman–Crippen LogP) is 3.75. The third-order valence-corrected chi connectivity index (χ3v) is 5.87. The van der Waals surface area contributed by atoms with Gasteiger partial charge in [-0.15, -0.1) is 0 Å². The summed E-state index contributed by atoms with van der Waals surface area (Å²) in [6, 6.07) is 12.0. The number of aryl methyl sites for hydroxylation is 2. The van der Waals surface area contributed by atoms with Crippen LogP contribution in [-0.4, -0.2) is 35.2 Å². The van der Waals surface area contributed by atoms with Crippen molar-refractivity contribution >= 4 is 16.1 Å². The van der Waals surface area contributed by atoms with E-state index in [9.17, 15) is 13.2 Å². The Bertz CT molecular complexity index is 903. The van der Waals surface area contributed by atoms with E-state index in [1.54, 1.807) is 19.2 Å². The zero-order valence-corrected chi connectivity index (χ0v) is 17.4. The van der Waals surface area contributed by atoms with E-state index in [0.717, 1.165) is 16.7 Å². The van der Waals surface area contributed by atoms with Gasteiger partial charge < -0.3 is 9.47 Å². The van der Waals surface area contributed by atoms with Gasteiger partial charge in [0.15, 0.2) is 0 Å². The molecule has 0 aliphatic heterocycles. The monoisotopic (exact) mass is 406 g/mol. The molecule has 0 aliphatic carbocycles. The Hall–Kier alpha value is -2.38. The van der Waals surface area contributed by atoms with E-state index >= 15 is 0 Å². The first-order valence-electron chi connectivity index (χ1n) is 8.94. The zero-order valence-electron chi connectivity index (χ0n) is 16.6. The molecule has 0 bridgehead atoms. The number of hydrogen-bond donors (Lipinski definition) is 0. The molecule has 0 spiro atoms. The van der Waals surface area contributed by atoms with Crippen LogP contribution in [0, 0.1) is 13.8 Å². The van der Waals surface area contributed by atoms with Crippen LogP contribution in [0.25, 0.3) is 0 Å². The largest absolute Gasteiger partial charge is 0.497 e. The van der Waals surface area contributed by atoms with Gasteiger partial charge in [0.1, 0.15) is 5.75 Å². The normalized spacial score (nSPS) is 12.4. The third kappa shape index (κ3) is 5.81. The summed E-state index contributed by atoms with van der Waals surface area (Å²) in [6.45, 7) is 3.73. The number of rotatable bonds is 9. The van der Waals surface area contributed by atoms with Gasteiger partial charge in [0.05, 0.1) is 25.7 Å². The summed E-state index contributed by atoms with van der Waals surface area (Å²) in [5, 5.41) is 0. The SMILES string of the molecule is COC(=O)CCC(COS(=O)(=O)c1ccc(C)cc1)c1ccc(OC)cc1C. The van der Waals surface area contributed by atoms with Crippen molar-refractivity contribution < 1.29 is 26.9 Å². The van der Waals surface area contributed by atoms with Crippen molar-refractivity contribution in [2.24, 2.45) is 0 Å². The second-order valence-corrected chi connectivity index (χ2v) is 8.20. The van der Waals surface area contributed by atoms with Crippen molar-refractivity contribution in [3.05, 3.63) is 59.2 Å². The van der Waals surface area contributed by atoms with Gasteiger partial charge in [-0.1, -0.05) is 23.8 Å². The van der Waals surface area contributed by atoms with Gasteiger partial charge in [-0.2, -0.15) is 8.42 Å². The number of carbonyl (C=O) groups is 1. The number of esters is 1. The quantitative estimate of drug-likeness (QED) is 0.466. The van der Waals surface area contributed by atoms with Gasteiger partial charge in [0, 0.05) is 12.3 Å². The van der Waals surface area contributed by atoms with Crippen molar-refractivity contribution in [2.75, 3.05) is 20.8 Å². The molecule has 1 unspecified atom stereocenters. The summed E-state index contributed by atoms with van der Waals surface area (Å²) >= 11 is 0. The van der Waals surface area contributed by atoms with Crippen LogP contribution in [0.3, 0.4) is 0 Å². The lowest BCUT2D eigenvalue weighted by molar-refractivity contribution is -0.140. The first-order valence-corrected chi connectivity index (χ1v) is 10.3. The van der Waals surface area contributed by atoms with Gasteiger partial charge in [-0.25, -0.2) is 0 Å². The van der Waals surface area contributed by atoms with E-state index in [1.165, 1.54) is 19.2 Å². The highest BCUT2D eigenvalue weighted by Gasteiger charge is 2.22. The Kier molecular flexibility index (Phi) is 7.60. The van der Waals surface area contributed by atoms with Crippen molar-refractivity contribution in [3.63, 3.8) is 0 Å². The van der Waals surface area contributed by atoms with Gasteiger partial charge in [0.2, 0.25) is 0 Å². The van der Waals surface area contributed by atoms with Crippen LogP contribution in [0.15, 0.2) is 47.4 Å². The Balaban J connectivity index is 2.21. The first-order chi connectivity index (χ1) is 13.3. The Morgan fingerprint density at radius 3 is 2.29 bits per heavy atom. The first kappa shape index (κ1) is 21.9. The van der Waals surface area contributed by atoms with Crippen LogP contribution in [-0.2, 0) is 23.8 Å². The fourth-order valence-electron chi connectivity index (χ4n) is 2.90. The van der Waals surface area contributed by atoms with Gasteiger partial charge in [-0.3, -0.25) is 8.98 Å². The molecule has 0 aliphatic rings. The minimum absolute atomic E-state index is 0.0691. The molecule has 0 saturated heterocycles.